The van der Waals surface area contributed by atoms with E-state index in [1.165, 1.54) is 0 Å². The van der Waals surface area contributed by atoms with Gasteiger partial charge >= 0.3 is 8.80 Å². The van der Waals surface area contributed by atoms with Gasteiger partial charge in [-0.25, -0.2) is 22.0 Å². The van der Waals surface area contributed by atoms with Gasteiger partial charge in [-0.05, 0) is 33.1 Å². The Balaban J connectivity index is 2.19. The number of hydrogen-bond acceptors (Lipinski definition) is 3. The largest absolute Gasteiger partial charge is 0.498 e. The van der Waals surface area contributed by atoms with Crippen LogP contribution in [0.4, 0.5) is 22.0 Å². The molecule has 0 fully saturated rings. The van der Waals surface area contributed by atoms with Crippen LogP contribution < -0.4 is 0 Å². The molecule has 0 unspecified atom stereocenters. The number of unbranched alkanes of at least 4 members (excludes halogenated alkanes) is 7. The molecule has 0 saturated carbocycles. The summed E-state index contributed by atoms with van der Waals surface area (Å²) in [6, 6.07) is 0.538. The number of hydrogen-bond donors (Lipinski definition) is 1. The second kappa shape index (κ2) is 13.3. The van der Waals surface area contributed by atoms with Crippen molar-refractivity contribution >= 4 is 8.80 Å². The van der Waals surface area contributed by atoms with Crippen molar-refractivity contribution in [1.29, 1.82) is 0 Å². The zero-order valence-electron chi connectivity index (χ0n) is 17.1. The van der Waals surface area contributed by atoms with Crippen LogP contribution in [-0.4, -0.2) is 26.8 Å². The molecule has 1 aromatic carbocycles. The van der Waals surface area contributed by atoms with E-state index in [0.717, 1.165) is 38.5 Å². The topological polar surface area (TPSA) is 38.7 Å². The molecule has 29 heavy (non-hydrogen) atoms. The monoisotopic (exact) mass is 442 g/mol. The second-order valence-electron chi connectivity index (χ2n) is 6.96. The van der Waals surface area contributed by atoms with Crippen LogP contribution in [0.3, 0.4) is 0 Å². The molecule has 0 saturated heterocycles. The maximum atomic E-state index is 13.6. The molecular weight excluding hydrogens is 411 g/mol. The van der Waals surface area contributed by atoms with E-state index >= 15 is 0 Å². The predicted molar refractivity (Wildman–Crippen MR) is 103 cm³/mol. The van der Waals surface area contributed by atoms with E-state index in [-0.39, 0.29) is 6.42 Å². The third kappa shape index (κ3) is 8.31. The molecule has 9 heteroatoms. The predicted octanol–water partition coefficient (Wildman–Crippen LogP) is 6.05. The van der Waals surface area contributed by atoms with E-state index in [1.54, 1.807) is 0 Å². The van der Waals surface area contributed by atoms with Crippen LogP contribution in [0.15, 0.2) is 0 Å². The number of rotatable bonds is 15. The molecule has 1 aromatic rings. The summed E-state index contributed by atoms with van der Waals surface area (Å²) >= 11 is 0. The first-order chi connectivity index (χ1) is 13.8. The molecule has 168 valence electrons. The molecule has 0 aliphatic rings. The van der Waals surface area contributed by atoms with Crippen molar-refractivity contribution < 1.29 is 35.6 Å². The van der Waals surface area contributed by atoms with Gasteiger partial charge in [-0.2, -0.15) is 0 Å². The highest BCUT2D eigenvalue weighted by molar-refractivity contribution is 6.59. The Kier molecular flexibility index (Phi) is 11.9. The first-order valence-corrected chi connectivity index (χ1v) is 12.2. The summed E-state index contributed by atoms with van der Waals surface area (Å²) in [4.78, 5) is 10.3. The minimum absolute atomic E-state index is 0.177. The Morgan fingerprint density at radius 1 is 0.621 bits per heavy atom. The van der Waals surface area contributed by atoms with E-state index in [9.17, 15) is 26.7 Å². The molecule has 0 aromatic heterocycles. The van der Waals surface area contributed by atoms with Gasteiger partial charge in [0.05, 0.1) is 0 Å². The average Bonchev–Trinajstić information content (AvgIpc) is 2.69. The third-order valence-corrected chi connectivity index (χ3v) is 7.17. The van der Waals surface area contributed by atoms with Crippen LogP contribution in [0.25, 0.3) is 0 Å². The molecule has 0 bridgehead atoms. The van der Waals surface area contributed by atoms with Crippen molar-refractivity contribution in [1.82, 2.24) is 0 Å². The maximum Gasteiger partial charge on any atom is 0.498 e. The lowest BCUT2D eigenvalue weighted by Gasteiger charge is -2.22. The van der Waals surface area contributed by atoms with Gasteiger partial charge in [0, 0.05) is 24.8 Å². The molecule has 0 radical (unpaired) electrons. The van der Waals surface area contributed by atoms with Gasteiger partial charge in [0.25, 0.3) is 0 Å². The third-order valence-electron chi connectivity index (χ3n) is 4.71. The zero-order valence-corrected chi connectivity index (χ0v) is 18.1. The molecule has 1 rings (SSSR count). The van der Waals surface area contributed by atoms with Crippen molar-refractivity contribution in [3.63, 3.8) is 0 Å². The summed E-state index contributed by atoms with van der Waals surface area (Å²) in [6.07, 6.45) is 6.32. The number of benzene rings is 1. The number of halogens is 5. The highest BCUT2D eigenvalue weighted by Gasteiger charge is 2.35. The lowest BCUT2D eigenvalue weighted by molar-refractivity contribution is 0.107. The van der Waals surface area contributed by atoms with Gasteiger partial charge in [-0.3, -0.25) is 0 Å². The first kappa shape index (κ1) is 26.0. The fourth-order valence-electron chi connectivity index (χ4n) is 3.22. The molecular formula is C20H31F5O3Si. The van der Waals surface area contributed by atoms with Crippen molar-refractivity contribution in [3.8, 4) is 0 Å². The fourth-order valence-corrected chi connectivity index (χ4v) is 5.19. The standard InChI is InChI=1S/C20H31F5O3Si/c1-3-27-29(26,28-4-2)14-12-10-8-6-5-7-9-11-13-15-16(21)18(23)20(25)19(24)17(15)22/h26H,3-14H2,1-2H3. The van der Waals surface area contributed by atoms with E-state index in [4.69, 9.17) is 8.85 Å². The molecule has 0 aliphatic heterocycles. The molecule has 1 N–H and O–H groups in total. The van der Waals surface area contributed by atoms with Crippen LogP contribution in [0, 0.1) is 29.1 Å². The molecule has 3 nitrogen and oxygen atoms in total. The van der Waals surface area contributed by atoms with E-state index in [2.05, 4.69) is 0 Å². The van der Waals surface area contributed by atoms with Gasteiger partial charge in [-0.1, -0.05) is 38.5 Å². The highest BCUT2D eigenvalue weighted by atomic mass is 28.4. The zero-order chi connectivity index (χ0) is 21.9. The summed E-state index contributed by atoms with van der Waals surface area (Å²) in [6.45, 7) is 4.49. The van der Waals surface area contributed by atoms with Crippen molar-refractivity contribution in [2.45, 2.75) is 77.7 Å². The highest BCUT2D eigenvalue weighted by Crippen LogP contribution is 2.25. The minimum Gasteiger partial charge on any atom is -0.390 e. The van der Waals surface area contributed by atoms with Crippen LogP contribution >= 0.6 is 0 Å². The van der Waals surface area contributed by atoms with E-state index in [0.29, 0.717) is 32.1 Å². The molecule has 0 atom stereocenters. The normalized spacial score (nSPS) is 12.0. The Bertz CT molecular complexity index is 596. The van der Waals surface area contributed by atoms with Crippen LogP contribution in [0.5, 0.6) is 0 Å². The Labute approximate surface area is 170 Å². The quantitative estimate of drug-likeness (QED) is 0.118. The lowest BCUT2D eigenvalue weighted by atomic mass is 10.0. The Morgan fingerprint density at radius 3 is 1.45 bits per heavy atom. The van der Waals surface area contributed by atoms with E-state index < -0.39 is 43.5 Å². The smallest absolute Gasteiger partial charge is 0.390 e. The summed E-state index contributed by atoms with van der Waals surface area (Å²) < 4.78 is 77.2. The first-order valence-electron chi connectivity index (χ1n) is 10.3. The second-order valence-corrected chi connectivity index (χ2v) is 9.46. The Morgan fingerprint density at radius 2 is 1.00 bits per heavy atom. The molecule has 0 spiro atoms. The summed E-state index contributed by atoms with van der Waals surface area (Å²) in [5, 5.41) is 0. The van der Waals surface area contributed by atoms with Gasteiger partial charge in [0.1, 0.15) is 0 Å². The lowest BCUT2D eigenvalue weighted by Crippen LogP contribution is -2.42. The van der Waals surface area contributed by atoms with Crippen molar-refractivity contribution in [3.05, 3.63) is 34.6 Å². The molecule has 0 aliphatic carbocycles. The molecule has 0 amide bonds. The molecule has 0 heterocycles. The summed E-state index contributed by atoms with van der Waals surface area (Å²) in [7, 11) is -3.03. The average molecular weight is 443 g/mol. The van der Waals surface area contributed by atoms with Crippen molar-refractivity contribution in [2.24, 2.45) is 0 Å². The van der Waals surface area contributed by atoms with Crippen molar-refractivity contribution in [2.75, 3.05) is 13.2 Å². The summed E-state index contributed by atoms with van der Waals surface area (Å²) in [5.41, 5.74) is -0.735. The van der Waals surface area contributed by atoms with Crippen LogP contribution in [0.1, 0.15) is 70.8 Å². The fraction of sp³-hybridized carbons (Fsp3) is 0.700. The van der Waals surface area contributed by atoms with Gasteiger partial charge in [0.15, 0.2) is 23.3 Å². The maximum absolute atomic E-state index is 13.6. The van der Waals surface area contributed by atoms with Gasteiger partial charge < -0.3 is 13.6 Å². The van der Waals surface area contributed by atoms with Crippen LogP contribution in [-0.2, 0) is 15.3 Å². The summed E-state index contributed by atoms with van der Waals surface area (Å²) in [5.74, 6) is -9.36. The van der Waals surface area contributed by atoms with E-state index in [1.807, 2.05) is 13.8 Å². The van der Waals surface area contributed by atoms with Gasteiger partial charge in [0.2, 0.25) is 5.82 Å². The minimum atomic E-state index is -3.03. The Hall–Kier alpha value is -1.03. The van der Waals surface area contributed by atoms with Gasteiger partial charge in [-0.15, -0.1) is 0 Å². The SMILES string of the molecule is CCO[Si](O)(CCCCCCCCCCc1c(F)c(F)c(F)c(F)c1F)OCC. The van der Waals surface area contributed by atoms with Crippen LogP contribution in [0.2, 0.25) is 6.04 Å².